The molecule has 0 amide bonds. The summed E-state index contributed by atoms with van der Waals surface area (Å²) in [4.78, 5) is 9.92. The molecule has 4 aromatic rings. The molecule has 0 N–H and O–H groups in total. The van der Waals surface area contributed by atoms with Crippen molar-refractivity contribution in [2.75, 3.05) is 0 Å². The first-order chi connectivity index (χ1) is 12.9. The van der Waals surface area contributed by atoms with Gasteiger partial charge < -0.3 is 0 Å². The maximum absolute atomic E-state index is 4.96. The molecule has 0 spiro atoms. The summed E-state index contributed by atoms with van der Waals surface area (Å²) in [7, 11) is 0. The van der Waals surface area contributed by atoms with Gasteiger partial charge in [0.15, 0.2) is 5.82 Å². The van der Waals surface area contributed by atoms with Crippen molar-refractivity contribution in [1.82, 2.24) is 9.97 Å². The number of aromatic nitrogens is 2. The minimum Gasteiger partial charge on any atom is -0.228 e. The fourth-order valence-electron chi connectivity index (χ4n) is 3.20. The molecule has 4 rings (SSSR count). The predicted octanol–water partition coefficient (Wildman–Crippen LogP) is 6.04. The number of rotatable bonds is 4. The molecule has 126 valence electrons. The summed E-state index contributed by atoms with van der Waals surface area (Å²) in [5.41, 5.74) is 6.50. The van der Waals surface area contributed by atoms with Gasteiger partial charge in [-0.25, -0.2) is 9.97 Å². The van der Waals surface area contributed by atoms with Crippen LogP contribution in [0.3, 0.4) is 0 Å². The van der Waals surface area contributed by atoms with E-state index >= 15 is 0 Å². The lowest BCUT2D eigenvalue weighted by molar-refractivity contribution is 1.06. The molecular formula is C24H20N2. The highest BCUT2D eigenvalue weighted by atomic mass is 14.9. The smallest absolute Gasteiger partial charge is 0.160 e. The van der Waals surface area contributed by atoms with E-state index in [2.05, 4.69) is 67.6 Å². The molecule has 1 aromatic heterocycles. The fourth-order valence-corrected chi connectivity index (χ4v) is 3.20. The maximum atomic E-state index is 4.96. The van der Waals surface area contributed by atoms with Crippen LogP contribution in [0.1, 0.15) is 12.5 Å². The van der Waals surface area contributed by atoms with Crippen LogP contribution in [-0.2, 0) is 6.42 Å². The van der Waals surface area contributed by atoms with E-state index in [9.17, 15) is 0 Å². The predicted molar refractivity (Wildman–Crippen MR) is 108 cm³/mol. The van der Waals surface area contributed by atoms with Crippen LogP contribution in [0.15, 0.2) is 91.0 Å². The van der Waals surface area contributed by atoms with Crippen LogP contribution in [0.4, 0.5) is 0 Å². The van der Waals surface area contributed by atoms with E-state index in [1.165, 1.54) is 5.56 Å². The third-order valence-corrected chi connectivity index (χ3v) is 4.49. The zero-order chi connectivity index (χ0) is 17.8. The van der Waals surface area contributed by atoms with Crippen LogP contribution in [0.5, 0.6) is 0 Å². The molecule has 0 saturated heterocycles. The Kier molecular flexibility index (Phi) is 4.57. The Balaban J connectivity index is 2.01. The number of nitrogens with zero attached hydrogens (tertiary/aromatic N) is 2. The topological polar surface area (TPSA) is 25.8 Å². The Bertz CT molecular complexity index is 934. The lowest BCUT2D eigenvalue weighted by atomic mass is 9.98. The lowest BCUT2D eigenvalue weighted by Crippen LogP contribution is -2.02. The number of benzene rings is 3. The van der Waals surface area contributed by atoms with Gasteiger partial charge in [-0.1, -0.05) is 97.9 Å². The Morgan fingerprint density at radius 3 is 1.31 bits per heavy atom. The van der Waals surface area contributed by atoms with E-state index in [-0.39, 0.29) is 0 Å². The Hall–Kier alpha value is -3.26. The lowest BCUT2D eigenvalue weighted by Gasteiger charge is -2.15. The van der Waals surface area contributed by atoms with Crippen LogP contribution < -0.4 is 0 Å². The first-order valence-electron chi connectivity index (χ1n) is 8.94. The van der Waals surface area contributed by atoms with Gasteiger partial charge in [-0.2, -0.15) is 0 Å². The highest BCUT2D eigenvalue weighted by Crippen LogP contribution is 2.32. The third kappa shape index (κ3) is 3.14. The molecule has 0 fully saturated rings. The SMILES string of the molecule is CCc1c(-c2ccccc2)nc(-c2ccccc2)nc1-c1ccccc1. The van der Waals surface area contributed by atoms with Gasteiger partial charge >= 0.3 is 0 Å². The highest BCUT2D eigenvalue weighted by Gasteiger charge is 2.16. The maximum Gasteiger partial charge on any atom is 0.160 e. The van der Waals surface area contributed by atoms with Crippen LogP contribution in [-0.4, -0.2) is 9.97 Å². The van der Waals surface area contributed by atoms with Crippen molar-refractivity contribution in [3.05, 3.63) is 96.6 Å². The summed E-state index contributed by atoms with van der Waals surface area (Å²) >= 11 is 0. The van der Waals surface area contributed by atoms with E-state index in [4.69, 9.17) is 9.97 Å². The molecule has 0 bridgehead atoms. The first-order valence-corrected chi connectivity index (χ1v) is 8.94. The number of hydrogen-bond acceptors (Lipinski definition) is 2. The molecular weight excluding hydrogens is 316 g/mol. The van der Waals surface area contributed by atoms with E-state index in [1.54, 1.807) is 0 Å². The van der Waals surface area contributed by atoms with Gasteiger partial charge in [0.2, 0.25) is 0 Å². The van der Waals surface area contributed by atoms with E-state index in [0.29, 0.717) is 0 Å². The zero-order valence-electron chi connectivity index (χ0n) is 14.8. The van der Waals surface area contributed by atoms with Gasteiger partial charge in [-0.15, -0.1) is 0 Å². The average molecular weight is 336 g/mol. The second-order valence-electron chi connectivity index (χ2n) is 6.17. The molecule has 0 saturated carbocycles. The zero-order valence-corrected chi connectivity index (χ0v) is 14.8. The van der Waals surface area contributed by atoms with Gasteiger partial charge in [-0.3, -0.25) is 0 Å². The summed E-state index contributed by atoms with van der Waals surface area (Å²) in [6, 6.07) is 30.9. The van der Waals surface area contributed by atoms with E-state index in [1.807, 2.05) is 30.3 Å². The normalized spacial score (nSPS) is 10.7. The quantitative estimate of drug-likeness (QED) is 0.454. The molecule has 3 aromatic carbocycles. The highest BCUT2D eigenvalue weighted by molar-refractivity contribution is 5.76. The van der Waals surface area contributed by atoms with Gasteiger partial charge in [0.1, 0.15) is 0 Å². The van der Waals surface area contributed by atoms with Crippen molar-refractivity contribution in [3.63, 3.8) is 0 Å². The molecule has 0 atom stereocenters. The van der Waals surface area contributed by atoms with Crippen LogP contribution in [0.25, 0.3) is 33.9 Å². The summed E-state index contributed by atoms with van der Waals surface area (Å²) in [6.45, 7) is 2.17. The molecule has 2 heteroatoms. The molecule has 0 aliphatic rings. The number of hydrogen-bond donors (Lipinski definition) is 0. The molecule has 0 aliphatic heterocycles. The fraction of sp³-hybridized carbons (Fsp3) is 0.0833. The third-order valence-electron chi connectivity index (χ3n) is 4.49. The summed E-state index contributed by atoms with van der Waals surface area (Å²) in [6.07, 6.45) is 0.878. The second-order valence-corrected chi connectivity index (χ2v) is 6.17. The van der Waals surface area contributed by atoms with E-state index in [0.717, 1.165) is 40.3 Å². The van der Waals surface area contributed by atoms with Crippen molar-refractivity contribution in [1.29, 1.82) is 0 Å². The Labute approximate surface area is 154 Å². The largest absolute Gasteiger partial charge is 0.228 e. The van der Waals surface area contributed by atoms with Gasteiger partial charge in [0, 0.05) is 22.3 Å². The average Bonchev–Trinajstić information content (AvgIpc) is 2.74. The van der Waals surface area contributed by atoms with Crippen LogP contribution in [0.2, 0.25) is 0 Å². The molecule has 2 nitrogen and oxygen atoms in total. The molecule has 0 unspecified atom stereocenters. The van der Waals surface area contributed by atoms with Crippen LogP contribution in [0, 0.1) is 0 Å². The molecule has 0 aliphatic carbocycles. The second kappa shape index (κ2) is 7.32. The van der Waals surface area contributed by atoms with Crippen molar-refractivity contribution >= 4 is 0 Å². The molecule has 0 radical (unpaired) electrons. The first kappa shape index (κ1) is 16.2. The Morgan fingerprint density at radius 2 is 0.923 bits per heavy atom. The van der Waals surface area contributed by atoms with E-state index < -0.39 is 0 Å². The van der Waals surface area contributed by atoms with Crippen molar-refractivity contribution < 1.29 is 0 Å². The van der Waals surface area contributed by atoms with Crippen molar-refractivity contribution in [2.24, 2.45) is 0 Å². The molecule has 1 heterocycles. The van der Waals surface area contributed by atoms with Gasteiger partial charge in [0.05, 0.1) is 11.4 Å². The minimum absolute atomic E-state index is 0.764. The summed E-state index contributed by atoms with van der Waals surface area (Å²) in [5, 5.41) is 0. The summed E-state index contributed by atoms with van der Waals surface area (Å²) < 4.78 is 0. The van der Waals surface area contributed by atoms with Gasteiger partial charge in [-0.05, 0) is 6.42 Å². The van der Waals surface area contributed by atoms with Crippen LogP contribution >= 0.6 is 0 Å². The standard InChI is InChI=1S/C24H20N2/c1-2-21-22(18-12-6-3-7-13-18)25-24(20-16-10-5-11-17-20)26-23(21)19-14-8-4-9-15-19/h3-17H,2H2,1H3. The van der Waals surface area contributed by atoms with Gasteiger partial charge in [0.25, 0.3) is 0 Å². The minimum atomic E-state index is 0.764. The van der Waals surface area contributed by atoms with Crippen molar-refractivity contribution in [3.8, 4) is 33.9 Å². The Morgan fingerprint density at radius 1 is 0.538 bits per heavy atom. The monoisotopic (exact) mass is 336 g/mol. The van der Waals surface area contributed by atoms with Crippen molar-refractivity contribution in [2.45, 2.75) is 13.3 Å². The summed E-state index contributed by atoms with van der Waals surface area (Å²) in [5.74, 6) is 0.764. The molecule has 26 heavy (non-hydrogen) atoms.